The summed E-state index contributed by atoms with van der Waals surface area (Å²) in [5.41, 5.74) is -0.0967. The first kappa shape index (κ1) is 14.6. The number of fused-ring (bicyclic) bond motifs is 1. The molecule has 1 aromatic heterocycles. The van der Waals surface area contributed by atoms with Crippen LogP contribution in [0.3, 0.4) is 0 Å². The number of hydrogen-bond acceptors (Lipinski definition) is 5. The number of benzene rings is 2. The lowest BCUT2D eigenvalue weighted by Crippen LogP contribution is -1.86. The van der Waals surface area contributed by atoms with Crippen molar-refractivity contribution in [2.75, 3.05) is 0 Å². The van der Waals surface area contributed by atoms with Gasteiger partial charge in [0, 0.05) is 23.6 Å². The fourth-order valence-electron chi connectivity index (χ4n) is 2.03. The van der Waals surface area contributed by atoms with E-state index in [9.17, 15) is 24.0 Å². The molecule has 0 fully saturated rings. The van der Waals surface area contributed by atoms with Gasteiger partial charge in [0.2, 0.25) is 5.88 Å². The number of non-ortho nitro benzene ring substituents is 1. The van der Waals surface area contributed by atoms with Crippen LogP contribution in [0.15, 0.2) is 46.6 Å². The van der Waals surface area contributed by atoms with Crippen LogP contribution >= 0.6 is 0 Å². The number of aromatic amines is 1. The molecule has 0 bridgehead atoms. The molecule has 0 saturated heterocycles. The van der Waals surface area contributed by atoms with Crippen LogP contribution in [-0.4, -0.2) is 15.0 Å². The van der Waals surface area contributed by atoms with Gasteiger partial charge in [0.1, 0.15) is 11.5 Å². The van der Waals surface area contributed by atoms with E-state index >= 15 is 0 Å². The molecule has 3 rings (SSSR count). The molecule has 0 aliphatic carbocycles. The van der Waals surface area contributed by atoms with E-state index in [0.29, 0.717) is 11.6 Å². The summed E-state index contributed by atoms with van der Waals surface area (Å²) < 4.78 is 26.3. The molecular weight excluding hydrogens is 310 g/mol. The van der Waals surface area contributed by atoms with Crippen LogP contribution in [0.1, 0.15) is 0 Å². The van der Waals surface area contributed by atoms with Crippen LogP contribution < -0.4 is 0 Å². The maximum absolute atomic E-state index is 13.5. The van der Waals surface area contributed by atoms with Gasteiger partial charge in [-0.2, -0.15) is 0 Å². The van der Waals surface area contributed by atoms with Crippen LogP contribution in [-0.2, 0) is 0 Å². The van der Waals surface area contributed by atoms with Crippen LogP contribution in [0.2, 0.25) is 0 Å². The Labute approximate surface area is 127 Å². The van der Waals surface area contributed by atoms with Gasteiger partial charge in [-0.25, -0.2) is 8.78 Å². The maximum atomic E-state index is 13.5. The van der Waals surface area contributed by atoms with Gasteiger partial charge in [-0.1, -0.05) is 0 Å². The lowest BCUT2D eigenvalue weighted by molar-refractivity contribution is -0.384. The third-order valence-corrected chi connectivity index (χ3v) is 3.11. The number of halogens is 2. The summed E-state index contributed by atoms with van der Waals surface area (Å²) in [4.78, 5) is 12.8. The number of aromatic nitrogens is 1. The van der Waals surface area contributed by atoms with Crippen molar-refractivity contribution in [1.82, 2.24) is 4.98 Å². The number of nitro benzene ring substituents is 1. The average Bonchev–Trinajstić information content (AvgIpc) is 2.81. The van der Waals surface area contributed by atoms with Gasteiger partial charge in [-0.05, 0) is 18.2 Å². The minimum absolute atomic E-state index is 0.0765. The predicted octanol–water partition coefficient (Wildman–Crippen LogP) is 4.48. The highest BCUT2D eigenvalue weighted by Gasteiger charge is 2.15. The number of rotatable bonds is 3. The normalized spacial score (nSPS) is 11.4. The standard InChI is InChI=1S/C14H8F2N4O3/c15-7-1-3-12(10(16)5-7)18-19-13-9-6-8(20(22)23)2-4-11(9)17-14(13)21/h1-6,17,21H. The van der Waals surface area contributed by atoms with Crippen molar-refractivity contribution in [3.8, 4) is 5.88 Å². The monoisotopic (exact) mass is 318 g/mol. The number of hydrogen-bond donors (Lipinski definition) is 2. The number of H-pyrrole nitrogens is 1. The number of nitrogens with one attached hydrogen (secondary N) is 1. The Balaban J connectivity index is 2.08. The molecule has 0 unspecified atom stereocenters. The highest BCUT2D eigenvalue weighted by Crippen LogP contribution is 2.38. The summed E-state index contributed by atoms with van der Waals surface area (Å²) >= 11 is 0. The lowest BCUT2D eigenvalue weighted by Gasteiger charge is -1.96. The van der Waals surface area contributed by atoms with E-state index in [-0.39, 0.29) is 28.3 Å². The van der Waals surface area contributed by atoms with Gasteiger partial charge in [0.05, 0.1) is 10.4 Å². The first-order valence-electron chi connectivity index (χ1n) is 6.31. The van der Waals surface area contributed by atoms with Crippen LogP contribution in [0.4, 0.5) is 25.8 Å². The van der Waals surface area contributed by atoms with Crippen LogP contribution in [0.25, 0.3) is 10.9 Å². The summed E-state index contributed by atoms with van der Waals surface area (Å²) in [6.45, 7) is 0. The Hall–Kier alpha value is -3.36. The topological polar surface area (TPSA) is 104 Å². The summed E-state index contributed by atoms with van der Waals surface area (Å²) in [5.74, 6) is -2.04. The molecule has 1 heterocycles. The molecule has 116 valence electrons. The highest BCUT2D eigenvalue weighted by atomic mass is 19.1. The largest absolute Gasteiger partial charge is 0.493 e. The summed E-state index contributed by atoms with van der Waals surface area (Å²) in [6, 6.07) is 6.62. The average molecular weight is 318 g/mol. The maximum Gasteiger partial charge on any atom is 0.270 e. The number of azo groups is 1. The van der Waals surface area contributed by atoms with Crippen molar-refractivity contribution in [3.63, 3.8) is 0 Å². The molecule has 2 aromatic carbocycles. The van der Waals surface area contributed by atoms with Gasteiger partial charge in [-0.15, -0.1) is 10.2 Å². The number of nitrogens with zero attached hydrogens (tertiary/aromatic N) is 3. The third-order valence-electron chi connectivity index (χ3n) is 3.11. The minimum Gasteiger partial charge on any atom is -0.493 e. The molecule has 0 aliphatic heterocycles. The van der Waals surface area contributed by atoms with Gasteiger partial charge in [0.25, 0.3) is 5.69 Å². The molecule has 2 N–H and O–H groups in total. The van der Waals surface area contributed by atoms with Crippen molar-refractivity contribution in [1.29, 1.82) is 0 Å². The summed E-state index contributed by atoms with van der Waals surface area (Å²) in [6.07, 6.45) is 0. The molecule has 9 heteroatoms. The molecular formula is C14H8F2N4O3. The van der Waals surface area contributed by atoms with Gasteiger partial charge in [-0.3, -0.25) is 10.1 Å². The highest BCUT2D eigenvalue weighted by molar-refractivity contribution is 5.95. The molecule has 0 radical (unpaired) electrons. The van der Waals surface area contributed by atoms with Gasteiger partial charge in [0.15, 0.2) is 11.5 Å². The molecule has 7 nitrogen and oxygen atoms in total. The molecule has 0 amide bonds. The Morgan fingerprint density at radius 2 is 1.91 bits per heavy atom. The van der Waals surface area contributed by atoms with Crippen LogP contribution in [0.5, 0.6) is 5.88 Å². The zero-order valence-corrected chi connectivity index (χ0v) is 11.3. The van der Waals surface area contributed by atoms with E-state index in [2.05, 4.69) is 15.2 Å². The molecule has 0 spiro atoms. The van der Waals surface area contributed by atoms with Crippen molar-refractivity contribution >= 4 is 28.0 Å². The van der Waals surface area contributed by atoms with Crippen LogP contribution in [0, 0.1) is 21.7 Å². The van der Waals surface area contributed by atoms with E-state index in [1.54, 1.807) is 0 Å². The fraction of sp³-hybridized carbons (Fsp3) is 0. The predicted molar refractivity (Wildman–Crippen MR) is 77.2 cm³/mol. The Kier molecular flexibility index (Phi) is 3.45. The first-order valence-corrected chi connectivity index (χ1v) is 6.31. The van der Waals surface area contributed by atoms with E-state index in [4.69, 9.17) is 0 Å². The first-order chi connectivity index (χ1) is 11.0. The second-order valence-corrected chi connectivity index (χ2v) is 4.60. The molecule has 3 aromatic rings. The lowest BCUT2D eigenvalue weighted by atomic mass is 10.2. The van der Waals surface area contributed by atoms with Gasteiger partial charge < -0.3 is 10.1 Å². The summed E-state index contributed by atoms with van der Waals surface area (Å²) in [5, 5.41) is 28.2. The zero-order valence-electron chi connectivity index (χ0n) is 11.3. The SMILES string of the molecule is O=[N+]([O-])c1ccc2[nH]c(O)c(N=Nc3ccc(F)cc3F)c2c1. The Morgan fingerprint density at radius 3 is 2.61 bits per heavy atom. The second kappa shape index (κ2) is 5.44. The van der Waals surface area contributed by atoms with Crippen molar-refractivity contribution in [2.45, 2.75) is 0 Å². The van der Waals surface area contributed by atoms with Crippen molar-refractivity contribution in [2.24, 2.45) is 10.2 Å². The number of nitro groups is 1. The summed E-state index contributed by atoms with van der Waals surface area (Å²) in [7, 11) is 0. The van der Waals surface area contributed by atoms with E-state index in [1.807, 2.05) is 0 Å². The van der Waals surface area contributed by atoms with E-state index in [1.165, 1.54) is 18.2 Å². The van der Waals surface area contributed by atoms with Crippen molar-refractivity contribution < 1.29 is 18.8 Å². The molecule has 0 saturated carbocycles. The zero-order chi connectivity index (χ0) is 16.6. The van der Waals surface area contributed by atoms with Crippen molar-refractivity contribution in [3.05, 3.63) is 58.1 Å². The molecule has 0 atom stereocenters. The van der Waals surface area contributed by atoms with Gasteiger partial charge >= 0.3 is 0 Å². The Morgan fingerprint density at radius 1 is 1.13 bits per heavy atom. The fourth-order valence-corrected chi connectivity index (χ4v) is 2.03. The smallest absolute Gasteiger partial charge is 0.270 e. The van der Waals surface area contributed by atoms with E-state index < -0.39 is 16.6 Å². The third kappa shape index (κ3) is 2.71. The Bertz CT molecular complexity index is 953. The molecule has 0 aliphatic rings. The molecule has 23 heavy (non-hydrogen) atoms. The number of aromatic hydroxyl groups is 1. The van der Waals surface area contributed by atoms with E-state index in [0.717, 1.165) is 12.1 Å². The quantitative estimate of drug-likeness (QED) is 0.422. The second-order valence-electron chi connectivity index (χ2n) is 4.60. The minimum atomic E-state index is -0.918.